The number of pyridine rings is 1. The van der Waals surface area contributed by atoms with Gasteiger partial charge in [0.25, 0.3) is 0 Å². The van der Waals surface area contributed by atoms with Crippen molar-refractivity contribution in [2.75, 3.05) is 13.2 Å². The van der Waals surface area contributed by atoms with Crippen LogP contribution >= 0.6 is 0 Å². The molecule has 6 heteroatoms. The van der Waals surface area contributed by atoms with E-state index in [2.05, 4.69) is 4.98 Å². The summed E-state index contributed by atoms with van der Waals surface area (Å²) in [4.78, 5) is 15.8. The van der Waals surface area contributed by atoms with E-state index in [1.54, 1.807) is 18.3 Å². The second-order valence-electron chi connectivity index (χ2n) is 3.62. The largest absolute Gasteiger partial charge is 0.421 e. The molecule has 2 rings (SSSR count). The van der Waals surface area contributed by atoms with Gasteiger partial charge in [0.15, 0.2) is 11.2 Å². The first kappa shape index (κ1) is 11.8. The van der Waals surface area contributed by atoms with Gasteiger partial charge in [-0.15, -0.1) is 0 Å². The molecule has 2 heterocycles. The van der Waals surface area contributed by atoms with Gasteiger partial charge in [0.2, 0.25) is 0 Å². The summed E-state index contributed by atoms with van der Waals surface area (Å²) in [5.74, 6) is -0.433. The Kier molecular flexibility index (Phi) is 3.55. The van der Waals surface area contributed by atoms with Crippen LogP contribution in [0.25, 0.3) is 11.2 Å². The summed E-state index contributed by atoms with van der Waals surface area (Å²) in [7, 11) is 0. The zero-order valence-electron chi connectivity index (χ0n) is 9.63. The Morgan fingerprint density at radius 1 is 1.65 bits per heavy atom. The second kappa shape index (κ2) is 5.11. The Hall–Kier alpha value is -1.66. The summed E-state index contributed by atoms with van der Waals surface area (Å²) >= 11 is 0. The summed E-state index contributed by atoms with van der Waals surface area (Å²) in [6.07, 6.45) is 1.41. The molecule has 0 aliphatic carbocycles. The number of oxazole rings is 1. The van der Waals surface area contributed by atoms with Crippen molar-refractivity contribution in [3.63, 3.8) is 0 Å². The van der Waals surface area contributed by atoms with Crippen LogP contribution in [0.3, 0.4) is 0 Å². The fourth-order valence-electron chi connectivity index (χ4n) is 1.70. The van der Waals surface area contributed by atoms with E-state index in [0.717, 1.165) is 0 Å². The molecular weight excluding hydrogens is 222 g/mol. The lowest BCUT2D eigenvalue weighted by Gasteiger charge is -2.14. The van der Waals surface area contributed by atoms with Gasteiger partial charge in [0, 0.05) is 19.3 Å². The van der Waals surface area contributed by atoms with E-state index in [-0.39, 0.29) is 6.10 Å². The first-order valence-electron chi connectivity index (χ1n) is 5.52. The fraction of sp³-hybridized carbons (Fsp3) is 0.455. The third-order valence-corrected chi connectivity index (χ3v) is 2.48. The third kappa shape index (κ3) is 2.37. The SMILES string of the molecule is CCOC(CN)Cn1c(=O)oc2cccnc21. The monoisotopic (exact) mass is 237 g/mol. The molecule has 0 bridgehead atoms. The molecule has 0 aliphatic heterocycles. The topological polar surface area (TPSA) is 83.3 Å². The van der Waals surface area contributed by atoms with Gasteiger partial charge in [0.05, 0.1) is 12.6 Å². The van der Waals surface area contributed by atoms with Gasteiger partial charge in [0.1, 0.15) is 0 Å². The van der Waals surface area contributed by atoms with Gasteiger partial charge in [-0.05, 0) is 19.1 Å². The fourth-order valence-corrected chi connectivity index (χ4v) is 1.70. The van der Waals surface area contributed by atoms with Crippen LogP contribution in [-0.2, 0) is 11.3 Å². The summed E-state index contributed by atoms with van der Waals surface area (Å²) < 4.78 is 11.9. The molecule has 0 fully saturated rings. The van der Waals surface area contributed by atoms with E-state index in [1.807, 2.05) is 6.92 Å². The molecule has 2 aromatic rings. The molecule has 17 heavy (non-hydrogen) atoms. The van der Waals surface area contributed by atoms with Gasteiger partial charge in [-0.2, -0.15) is 0 Å². The number of fused-ring (bicyclic) bond motifs is 1. The number of nitrogens with zero attached hydrogens (tertiary/aromatic N) is 2. The van der Waals surface area contributed by atoms with Gasteiger partial charge < -0.3 is 14.9 Å². The van der Waals surface area contributed by atoms with Crippen molar-refractivity contribution in [2.24, 2.45) is 5.73 Å². The minimum Gasteiger partial charge on any atom is -0.406 e. The first-order valence-corrected chi connectivity index (χ1v) is 5.52. The smallest absolute Gasteiger partial charge is 0.406 e. The summed E-state index contributed by atoms with van der Waals surface area (Å²) in [6.45, 7) is 3.14. The molecule has 0 spiro atoms. The molecule has 6 nitrogen and oxygen atoms in total. The van der Waals surface area contributed by atoms with E-state index < -0.39 is 5.76 Å². The standard InChI is InChI=1S/C11H15N3O3/c1-2-16-8(6-12)7-14-10-9(17-11(14)15)4-3-5-13-10/h3-5,8H,2,6-7,12H2,1H3. The highest BCUT2D eigenvalue weighted by molar-refractivity contribution is 5.67. The highest BCUT2D eigenvalue weighted by atomic mass is 16.5. The Morgan fingerprint density at radius 2 is 2.47 bits per heavy atom. The quantitative estimate of drug-likeness (QED) is 0.811. The van der Waals surface area contributed by atoms with Crippen molar-refractivity contribution in [3.05, 3.63) is 28.9 Å². The van der Waals surface area contributed by atoms with Crippen molar-refractivity contribution in [1.29, 1.82) is 0 Å². The molecule has 1 unspecified atom stereocenters. The van der Waals surface area contributed by atoms with Gasteiger partial charge in [-0.1, -0.05) is 0 Å². The molecule has 0 saturated heterocycles. The zero-order chi connectivity index (χ0) is 12.3. The number of ether oxygens (including phenoxy) is 1. The molecule has 0 radical (unpaired) electrons. The molecule has 1 atom stereocenters. The lowest BCUT2D eigenvalue weighted by molar-refractivity contribution is 0.0560. The number of rotatable bonds is 5. The van der Waals surface area contributed by atoms with E-state index >= 15 is 0 Å². The Balaban J connectivity index is 2.34. The van der Waals surface area contributed by atoms with Crippen molar-refractivity contribution in [1.82, 2.24) is 9.55 Å². The van der Waals surface area contributed by atoms with Crippen LogP contribution in [0, 0.1) is 0 Å². The third-order valence-electron chi connectivity index (χ3n) is 2.48. The lowest BCUT2D eigenvalue weighted by Crippen LogP contribution is -2.32. The summed E-state index contributed by atoms with van der Waals surface area (Å²) in [5.41, 5.74) is 6.58. The molecular formula is C11H15N3O3. The van der Waals surface area contributed by atoms with Gasteiger partial charge in [-0.25, -0.2) is 9.78 Å². The van der Waals surface area contributed by atoms with Gasteiger partial charge >= 0.3 is 5.76 Å². The van der Waals surface area contributed by atoms with Crippen LogP contribution in [0.2, 0.25) is 0 Å². The highest BCUT2D eigenvalue weighted by Crippen LogP contribution is 2.09. The van der Waals surface area contributed by atoms with E-state index in [0.29, 0.717) is 30.9 Å². The number of nitrogens with two attached hydrogens (primary N) is 1. The predicted octanol–water partition coefficient (Wildman–Crippen LogP) is 0.353. The molecule has 0 aromatic carbocycles. The summed E-state index contributed by atoms with van der Waals surface area (Å²) in [6, 6.07) is 3.43. The predicted molar refractivity (Wildman–Crippen MR) is 62.7 cm³/mol. The molecule has 2 N–H and O–H groups in total. The number of hydrogen-bond donors (Lipinski definition) is 1. The average molecular weight is 237 g/mol. The number of aromatic nitrogens is 2. The van der Waals surface area contributed by atoms with Crippen molar-refractivity contribution >= 4 is 11.2 Å². The molecule has 0 amide bonds. The van der Waals surface area contributed by atoms with Crippen LogP contribution in [-0.4, -0.2) is 28.8 Å². The lowest BCUT2D eigenvalue weighted by atomic mass is 10.3. The second-order valence-corrected chi connectivity index (χ2v) is 3.62. The normalized spacial score (nSPS) is 13.1. The van der Waals surface area contributed by atoms with Crippen molar-refractivity contribution in [2.45, 2.75) is 19.6 Å². The van der Waals surface area contributed by atoms with Crippen LogP contribution < -0.4 is 11.5 Å². The Bertz CT molecular complexity index is 546. The Morgan fingerprint density at radius 3 is 3.18 bits per heavy atom. The number of hydrogen-bond acceptors (Lipinski definition) is 5. The minimum absolute atomic E-state index is 0.208. The minimum atomic E-state index is -0.433. The van der Waals surface area contributed by atoms with Gasteiger partial charge in [-0.3, -0.25) is 4.57 Å². The highest BCUT2D eigenvalue weighted by Gasteiger charge is 2.14. The van der Waals surface area contributed by atoms with E-state index in [1.165, 1.54) is 4.57 Å². The maximum atomic E-state index is 11.7. The average Bonchev–Trinajstić information content (AvgIpc) is 2.65. The molecule has 92 valence electrons. The zero-order valence-corrected chi connectivity index (χ0v) is 9.63. The summed E-state index contributed by atoms with van der Waals surface area (Å²) in [5, 5.41) is 0. The van der Waals surface area contributed by atoms with Crippen molar-refractivity contribution < 1.29 is 9.15 Å². The maximum Gasteiger partial charge on any atom is 0.421 e. The van der Waals surface area contributed by atoms with Crippen molar-refractivity contribution in [3.8, 4) is 0 Å². The van der Waals surface area contributed by atoms with Crippen LogP contribution in [0.15, 0.2) is 27.5 Å². The van der Waals surface area contributed by atoms with Crippen LogP contribution in [0.4, 0.5) is 0 Å². The Labute approximate surface area is 98.0 Å². The molecule has 0 saturated carbocycles. The van der Waals surface area contributed by atoms with Crippen LogP contribution in [0.1, 0.15) is 6.92 Å². The first-order chi connectivity index (χ1) is 8.26. The van der Waals surface area contributed by atoms with E-state index in [4.69, 9.17) is 14.9 Å². The maximum absolute atomic E-state index is 11.7. The molecule has 2 aromatic heterocycles. The van der Waals surface area contributed by atoms with E-state index in [9.17, 15) is 4.79 Å². The molecule has 0 aliphatic rings. The van der Waals surface area contributed by atoms with Crippen LogP contribution in [0.5, 0.6) is 0 Å².